The van der Waals surface area contributed by atoms with Crippen LogP contribution in [-0.2, 0) is 4.79 Å². The van der Waals surface area contributed by atoms with E-state index in [9.17, 15) is 9.59 Å². The molecule has 4 rings (SSSR count). The molecule has 0 radical (unpaired) electrons. The van der Waals surface area contributed by atoms with Crippen LogP contribution in [0.5, 0.6) is 0 Å². The Balaban J connectivity index is 1.43. The Morgan fingerprint density at radius 2 is 1.81 bits per heavy atom. The van der Waals surface area contributed by atoms with E-state index in [2.05, 4.69) is 17.0 Å². The van der Waals surface area contributed by atoms with Crippen LogP contribution in [-0.4, -0.2) is 62.6 Å². The second kappa shape index (κ2) is 8.99. The highest BCUT2D eigenvalue weighted by Gasteiger charge is 2.33. The minimum absolute atomic E-state index is 0.00110. The standard InChI is InChI=1S/C23H30ClN5O2/c1-15-5-4-10-28(14-15)22(30)18-8-11-27(12-9-18)23(31)21-19(24)6-7-20(25-21)29-17(3)13-16(2)26-29/h6-7,13,15,18H,4-5,8-12,14H2,1-3H3. The largest absolute Gasteiger partial charge is 0.342 e. The van der Waals surface area contributed by atoms with Crippen molar-refractivity contribution in [3.8, 4) is 5.82 Å². The van der Waals surface area contributed by atoms with Crippen LogP contribution in [0.1, 0.15) is 54.5 Å². The maximum absolute atomic E-state index is 13.2. The third-order valence-electron chi connectivity index (χ3n) is 6.36. The summed E-state index contributed by atoms with van der Waals surface area (Å²) < 4.78 is 1.72. The first-order valence-electron chi connectivity index (χ1n) is 11.1. The number of hydrogen-bond donors (Lipinski definition) is 0. The second-order valence-corrected chi connectivity index (χ2v) is 9.34. The summed E-state index contributed by atoms with van der Waals surface area (Å²) in [5.74, 6) is 1.20. The first kappa shape index (κ1) is 21.8. The molecule has 0 saturated carbocycles. The van der Waals surface area contributed by atoms with Crippen molar-refractivity contribution in [2.24, 2.45) is 11.8 Å². The number of rotatable bonds is 3. The van der Waals surface area contributed by atoms with Gasteiger partial charge in [-0.15, -0.1) is 0 Å². The Kier molecular flexibility index (Phi) is 6.32. The Morgan fingerprint density at radius 1 is 1.06 bits per heavy atom. The number of aryl methyl sites for hydroxylation is 2. The summed E-state index contributed by atoms with van der Waals surface area (Å²) in [6.07, 6.45) is 3.65. The predicted molar refractivity (Wildman–Crippen MR) is 119 cm³/mol. The maximum atomic E-state index is 13.2. The van der Waals surface area contributed by atoms with Crippen LogP contribution in [0.2, 0.25) is 5.02 Å². The van der Waals surface area contributed by atoms with Crippen molar-refractivity contribution < 1.29 is 9.59 Å². The van der Waals surface area contributed by atoms with Crippen LogP contribution in [0.4, 0.5) is 0 Å². The Hall–Kier alpha value is -2.41. The first-order valence-corrected chi connectivity index (χ1v) is 11.5. The fourth-order valence-electron chi connectivity index (χ4n) is 4.69. The molecule has 1 atom stereocenters. The van der Waals surface area contributed by atoms with E-state index in [0.29, 0.717) is 42.7 Å². The molecule has 0 N–H and O–H groups in total. The molecule has 2 aromatic rings. The zero-order valence-corrected chi connectivity index (χ0v) is 19.2. The van der Waals surface area contributed by atoms with Crippen molar-refractivity contribution in [3.63, 3.8) is 0 Å². The number of halogens is 1. The van der Waals surface area contributed by atoms with Crippen molar-refractivity contribution in [3.05, 3.63) is 40.3 Å². The molecular weight excluding hydrogens is 414 g/mol. The highest BCUT2D eigenvalue weighted by atomic mass is 35.5. The van der Waals surface area contributed by atoms with E-state index in [0.717, 1.165) is 30.9 Å². The lowest BCUT2D eigenvalue weighted by molar-refractivity contribution is -0.138. The van der Waals surface area contributed by atoms with Gasteiger partial charge in [0.15, 0.2) is 5.82 Å². The molecule has 2 aliphatic rings. The van der Waals surface area contributed by atoms with Crippen molar-refractivity contribution in [2.75, 3.05) is 26.2 Å². The third kappa shape index (κ3) is 4.61. The fourth-order valence-corrected chi connectivity index (χ4v) is 4.87. The zero-order valence-electron chi connectivity index (χ0n) is 18.5. The molecule has 31 heavy (non-hydrogen) atoms. The molecule has 8 heteroatoms. The molecule has 2 fully saturated rings. The van der Waals surface area contributed by atoms with Gasteiger partial charge in [-0.2, -0.15) is 5.10 Å². The van der Waals surface area contributed by atoms with E-state index >= 15 is 0 Å². The Bertz CT molecular complexity index is 980. The second-order valence-electron chi connectivity index (χ2n) is 8.94. The van der Waals surface area contributed by atoms with Gasteiger partial charge in [0, 0.05) is 37.8 Å². The summed E-state index contributed by atoms with van der Waals surface area (Å²) in [5, 5.41) is 4.78. The summed E-state index contributed by atoms with van der Waals surface area (Å²) in [4.78, 5) is 34.4. The Morgan fingerprint density at radius 3 is 2.45 bits per heavy atom. The van der Waals surface area contributed by atoms with Crippen molar-refractivity contribution >= 4 is 23.4 Å². The van der Waals surface area contributed by atoms with Gasteiger partial charge in [-0.05, 0) is 63.6 Å². The van der Waals surface area contributed by atoms with Gasteiger partial charge in [0.25, 0.3) is 5.91 Å². The highest BCUT2D eigenvalue weighted by Crippen LogP contribution is 2.26. The minimum atomic E-state index is -0.189. The molecule has 2 amide bonds. The number of carbonyl (C=O) groups is 2. The van der Waals surface area contributed by atoms with E-state index in [4.69, 9.17) is 11.6 Å². The van der Waals surface area contributed by atoms with Gasteiger partial charge in [-0.1, -0.05) is 18.5 Å². The monoisotopic (exact) mass is 443 g/mol. The lowest BCUT2D eigenvalue weighted by atomic mass is 9.92. The number of aromatic nitrogens is 3. The number of piperidine rings is 2. The SMILES string of the molecule is Cc1cc(C)n(-c2ccc(Cl)c(C(=O)N3CCC(C(=O)N4CCCC(C)C4)CC3)n2)n1. The first-order chi connectivity index (χ1) is 14.8. The molecule has 0 aliphatic carbocycles. The normalized spacial score (nSPS) is 20.2. The molecule has 0 spiro atoms. The van der Waals surface area contributed by atoms with Gasteiger partial charge in [-0.25, -0.2) is 9.67 Å². The maximum Gasteiger partial charge on any atom is 0.274 e. The van der Waals surface area contributed by atoms with Crippen LogP contribution in [0.3, 0.4) is 0 Å². The molecule has 7 nitrogen and oxygen atoms in total. The quantitative estimate of drug-likeness (QED) is 0.725. The van der Waals surface area contributed by atoms with Gasteiger partial charge < -0.3 is 9.80 Å². The minimum Gasteiger partial charge on any atom is -0.342 e. The number of likely N-dealkylation sites (tertiary alicyclic amines) is 2. The molecular formula is C23H30ClN5O2. The molecule has 0 aromatic carbocycles. The van der Waals surface area contributed by atoms with E-state index in [-0.39, 0.29) is 23.4 Å². The number of hydrogen-bond acceptors (Lipinski definition) is 4. The topological polar surface area (TPSA) is 71.3 Å². The molecule has 1 unspecified atom stereocenters. The smallest absolute Gasteiger partial charge is 0.274 e. The molecule has 2 aliphatic heterocycles. The number of amides is 2. The lowest BCUT2D eigenvalue weighted by Crippen LogP contribution is -2.47. The molecule has 2 saturated heterocycles. The van der Waals surface area contributed by atoms with Gasteiger partial charge in [-0.3, -0.25) is 9.59 Å². The summed E-state index contributed by atoms with van der Waals surface area (Å²) in [6, 6.07) is 5.42. The van der Waals surface area contributed by atoms with E-state index in [1.165, 1.54) is 6.42 Å². The summed E-state index contributed by atoms with van der Waals surface area (Å²) in [5.41, 5.74) is 2.07. The fraction of sp³-hybridized carbons (Fsp3) is 0.565. The molecule has 2 aromatic heterocycles. The summed E-state index contributed by atoms with van der Waals surface area (Å²) >= 11 is 6.34. The van der Waals surface area contributed by atoms with E-state index < -0.39 is 0 Å². The van der Waals surface area contributed by atoms with Crippen molar-refractivity contribution in [1.82, 2.24) is 24.6 Å². The van der Waals surface area contributed by atoms with Crippen LogP contribution >= 0.6 is 11.6 Å². The summed E-state index contributed by atoms with van der Waals surface area (Å²) in [6.45, 7) is 8.88. The van der Waals surface area contributed by atoms with Gasteiger partial charge in [0.1, 0.15) is 5.69 Å². The molecule has 4 heterocycles. The average molecular weight is 444 g/mol. The zero-order chi connectivity index (χ0) is 22.1. The van der Waals surface area contributed by atoms with Gasteiger partial charge in [0.2, 0.25) is 5.91 Å². The Labute approximate surface area is 188 Å². The van der Waals surface area contributed by atoms with E-state index in [1.54, 1.807) is 21.7 Å². The van der Waals surface area contributed by atoms with Crippen LogP contribution in [0, 0.1) is 25.7 Å². The van der Waals surface area contributed by atoms with Crippen molar-refractivity contribution in [1.29, 1.82) is 0 Å². The number of carbonyl (C=O) groups excluding carboxylic acids is 2. The van der Waals surface area contributed by atoms with Gasteiger partial charge >= 0.3 is 0 Å². The number of pyridine rings is 1. The lowest BCUT2D eigenvalue weighted by Gasteiger charge is -2.37. The van der Waals surface area contributed by atoms with Crippen LogP contribution in [0.15, 0.2) is 18.2 Å². The summed E-state index contributed by atoms with van der Waals surface area (Å²) in [7, 11) is 0. The van der Waals surface area contributed by atoms with Crippen LogP contribution < -0.4 is 0 Å². The highest BCUT2D eigenvalue weighted by molar-refractivity contribution is 6.33. The number of nitrogens with zero attached hydrogens (tertiary/aromatic N) is 5. The molecule has 166 valence electrons. The van der Waals surface area contributed by atoms with Gasteiger partial charge in [0.05, 0.1) is 10.7 Å². The third-order valence-corrected chi connectivity index (χ3v) is 6.67. The van der Waals surface area contributed by atoms with E-state index in [1.807, 2.05) is 24.8 Å². The average Bonchev–Trinajstić information content (AvgIpc) is 3.11. The predicted octanol–water partition coefficient (Wildman–Crippen LogP) is 3.65. The van der Waals surface area contributed by atoms with Crippen LogP contribution in [0.25, 0.3) is 5.82 Å². The molecule has 0 bridgehead atoms. The van der Waals surface area contributed by atoms with Crippen molar-refractivity contribution in [2.45, 2.75) is 46.5 Å².